The molecule has 0 N–H and O–H groups in total. The van der Waals surface area contributed by atoms with Crippen LogP contribution in [0, 0.1) is 0 Å². The van der Waals surface area contributed by atoms with Gasteiger partial charge in [-0.2, -0.15) is 0 Å². The number of para-hydroxylation sites is 1. The highest BCUT2D eigenvalue weighted by molar-refractivity contribution is 8.00. The molecular formula is C18H19N3O2S. The predicted molar refractivity (Wildman–Crippen MR) is 95.9 cm³/mol. The van der Waals surface area contributed by atoms with Crippen molar-refractivity contribution >= 4 is 28.6 Å². The van der Waals surface area contributed by atoms with E-state index in [1.165, 1.54) is 11.8 Å². The maximum Gasteiger partial charge on any atom is 0.232 e. The first kappa shape index (κ1) is 16.5. The van der Waals surface area contributed by atoms with E-state index in [1.807, 2.05) is 55.1 Å². The molecule has 0 saturated heterocycles. The van der Waals surface area contributed by atoms with Gasteiger partial charge in [-0.25, -0.2) is 9.97 Å². The van der Waals surface area contributed by atoms with Gasteiger partial charge in [0.25, 0.3) is 0 Å². The van der Waals surface area contributed by atoms with Crippen LogP contribution in [0.15, 0.2) is 52.1 Å². The molecule has 0 unspecified atom stereocenters. The molecule has 0 saturated carbocycles. The summed E-state index contributed by atoms with van der Waals surface area (Å²) in [6, 6.07) is 11.5. The first-order chi connectivity index (χ1) is 11.7. The fraction of sp³-hybridized carbons (Fsp3) is 0.278. The second-order valence-corrected chi connectivity index (χ2v) is 6.17. The van der Waals surface area contributed by atoms with Gasteiger partial charge in [0, 0.05) is 18.5 Å². The minimum Gasteiger partial charge on any atom is -0.461 e. The third kappa shape index (κ3) is 3.43. The van der Waals surface area contributed by atoms with Crippen molar-refractivity contribution in [1.82, 2.24) is 14.9 Å². The normalized spacial score (nSPS) is 10.9. The number of aromatic nitrogens is 2. The highest BCUT2D eigenvalue weighted by Crippen LogP contribution is 2.28. The number of thioether (sulfide) groups is 1. The summed E-state index contributed by atoms with van der Waals surface area (Å²) < 4.78 is 5.41. The lowest BCUT2D eigenvalue weighted by molar-refractivity contribution is -0.127. The van der Waals surface area contributed by atoms with Crippen LogP contribution in [0.3, 0.4) is 0 Å². The van der Waals surface area contributed by atoms with Gasteiger partial charge in [-0.3, -0.25) is 4.79 Å². The Morgan fingerprint density at radius 2 is 1.92 bits per heavy atom. The number of benzene rings is 1. The fourth-order valence-corrected chi connectivity index (χ4v) is 3.39. The molecule has 5 nitrogen and oxygen atoms in total. The average Bonchev–Trinajstić information content (AvgIpc) is 3.15. The molecule has 3 rings (SSSR count). The second kappa shape index (κ2) is 7.49. The fourth-order valence-electron chi connectivity index (χ4n) is 2.47. The van der Waals surface area contributed by atoms with Gasteiger partial charge in [0.15, 0.2) is 11.6 Å². The van der Waals surface area contributed by atoms with Gasteiger partial charge < -0.3 is 9.32 Å². The summed E-state index contributed by atoms with van der Waals surface area (Å²) in [5, 5.41) is 1.75. The molecule has 0 atom stereocenters. The van der Waals surface area contributed by atoms with E-state index in [4.69, 9.17) is 4.42 Å². The number of fused-ring (bicyclic) bond motifs is 1. The van der Waals surface area contributed by atoms with Crippen molar-refractivity contribution in [2.75, 3.05) is 18.8 Å². The van der Waals surface area contributed by atoms with E-state index in [2.05, 4.69) is 9.97 Å². The van der Waals surface area contributed by atoms with Gasteiger partial charge in [-0.15, -0.1) is 0 Å². The number of hydrogen-bond donors (Lipinski definition) is 0. The first-order valence-corrected chi connectivity index (χ1v) is 8.92. The van der Waals surface area contributed by atoms with Crippen LogP contribution in [0.2, 0.25) is 0 Å². The Labute approximate surface area is 145 Å². The molecule has 2 heterocycles. The van der Waals surface area contributed by atoms with Crippen LogP contribution >= 0.6 is 11.8 Å². The van der Waals surface area contributed by atoms with E-state index in [0.29, 0.717) is 17.3 Å². The lowest BCUT2D eigenvalue weighted by Crippen LogP contribution is -2.31. The number of amides is 1. The molecule has 0 radical (unpaired) electrons. The number of carbonyl (C=O) groups is 1. The summed E-state index contributed by atoms with van der Waals surface area (Å²) in [6.45, 7) is 5.42. The Bertz CT molecular complexity index is 829. The largest absolute Gasteiger partial charge is 0.461 e. The lowest BCUT2D eigenvalue weighted by Gasteiger charge is -2.18. The Balaban J connectivity index is 1.92. The lowest BCUT2D eigenvalue weighted by atomic mass is 10.2. The van der Waals surface area contributed by atoms with Crippen molar-refractivity contribution in [2.24, 2.45) is 0 Å². The van der Waals surface area contributed by atoms with Crippen LogP contribution in [0.4, 0.5) is 0 Å². The molecule has 0 fully saturated rings. The van der Waals surface area contributed by atoms with Crippen LogP contribution in [0.5, 0.6) is 0 Å². The van der Waals surface area contributed by atoms with Crippen LogP contribution in [0.25, 0.3) is 22.5 Å². The zero-order valence-electron chi connectivity index (χ0n) is 13.7. The van der Waals surface area contributed by atoms with Crippen LogP contribution in [-0.2, 0) is 4.79 Å². The molecule has 6 heteroatoms. The van der Waals surface area contributed by atoms with Crippen molar-refractivity contribution in [1.29, 1.82) is 0 Å². The maximum absolute atomic E-state index is 12.3. The Morgan fingerprint density at radius 3 is 2.62 bits per heavy atom. The van der Waals surface area contributed by atoms with Gasteiger partial charge in [-0.1, -0.05) is 30.0 Å². The predicted octanol–water partition coefficient (Wildman–Crippen LogP) is 3.85. The summed E-state index contributed by atoms with van der Waals surface area (Å²) in [5.41, 5.74) is 0.844. The summed E-state index contributed by atoms with van der Waals surface area (Å²) in [6.07, 6.45) is 1.60. The zero-order valence-corrected chi connectivity index (χ0v) is 14.5. The van der Waals surface area contributed by atoms with E-state index in [1.54, 1.807) is 6.26 Å². The molecule has 0 bridgehead atoms. The van der Waals surface area contributed by atoms with Gasteiger partial charge in [-0.05, 0) is 32.0 Å². The zero-order chi connectivity index (χ0) is 16.9. The second-order valence-electron chi connectivity index (χ2n) is 5.20. The monoisotopic (exact) mass is 341 g/mol. The van der Waals surface area contributed by atoms with Crippen molar-refractivity contribution in [2.45, 2.75) is 18.9 Å². The third-order valence-corrected chi connectivity index (χ3v) is 4.73. The highest BCUT2D eigenvalue weighted by Gasteiger charge is 2.15. The molecule has 0 aliphatic carbocycles. The third-order valence-electron chi connectivity index (χ3n) is 3.76. The topological polar surface area (TPSA) is 59.2 Å². The van der Waals surface area contributed by atoms with Crippen molar-refractivity contribution in [3.05, 3.63) is 42.7 Å². The molecule has 2 aromatic heterocycles. The molecule has 24 heavy (non-hydrogen) atoms. The molecule has 0 spiro atoms. The minimum absolute atomic E-state index is 0.118. The standard InChI is InChI=1S/C18H19N3O2S/c1-3-21(4-2)16(22)12-24-18-13-8-5-6-9-14(13)19-17(20-18)15-10-7-11-23-15/h5-11H,3-4,12H2,1-2H3. The first-order valence-electron chi connectivity index (χ1n) is 7.94. The number of hydrogen-bond acceptors (Lipinski definition) is 5. The summed E-state index contributed by atoms with van der Waals surface area (Å²) in [7, 11) is 0. The Morgan fingerprint density at radius 1 is 1.12 bits per heavy atom. The minimum atomic E-state index is 0.118. The summed E-state index contributed by atoms with van der Waals surface area (Å²) in [4.78, 5) is 23.3. The van der Waals surface area contributed by atoms with E-state index < -0.39 is 0 Å². The number of rotatable bonds is 6. The van der Waals surface area contributed by atoms with Gasteiger partial charge in [0.1, 0.15) is 5.03 Å². The molecule has 0 aliphatic heterocycles. The molecule has 3 aromatic rings. The van der Waals surface area contributed by atoms with Gasteiger partial charge in [0.05, 0.1) is 17.5 Å². The quantitative estimate of drug-likeness (QED) is 0.503. The molecule has 1 amide bonds. The van der Waals surface area contributed by atoms with E-state index >= 15 is 0 Å². The summed E-state index contributed by atoms with van der Waals surface area (Å²) in [5.74, 6) is 1.64. The number of furan rings is 1. The van der Waals surface area contributed by atoms with Gasteiger partial charge in [0.2, 0.25) is 5.91 Å². The maximum atomic E-state index is 12.3. The molecular weight excluding hydrogens is 322 g/mol. The van der Waals surface area contributed by atoms with Crippen LogP contribution in [0.1, 0.15) is 13.8 Å². The van der Waals surface area contributed by atoms with Crippen molar-refractivity contribution in [3.63, 3.8) is 0 Å². The molecule has 1 aromatic carbocycles. The van der Waals surface area contributed by atoms with Gasteiger partial charge >= 0.3 is 0 Å². The average molecular weight is 341 g/mol. The van der Waals surface area contributed by atoms with Crippen LogP contribution < -0.4 is 0 Å². The Kier molecular flexibility index (Phi) is 5.15. The number of nitrogens with zero attached hydrogens (tertiary/aromatic N) is 3. The van der Waals surface area contributed by atoms with Crippen LogP contribution in [-0.4, -0.2) is 39.6 Å². The number of carbonyl (C=O) groups excluding carboxylic acids is 1. The van der Waals surface area contributed by atoms with E-state index in [0.717, 1.165) is 29.0 Å². The van der Waals surface area contributed by atoms with Crippen molar-refractivity contribution < 1.29 is 9.21 Å². The van der Waals surface area contributed by atoms with E-state index in [9.17, 15) is 4.79 Å². The summed E-state index contributed by atoms with van der Waals surface area (Å²) >= 11 is 1.44. The van der Waals surface area contributed by atoms with Crippen molar-refractivity contribution in [3.8, 4) is 11.6 Å². The molecule has 0 aliphatic rings. The molecule has 124 valence electrons. The smallest absolute Gasteiger partial charge is 0.232 e. The van der Waals surface area contributed by atoms with E-state index in [-0.39, 0.29) is 5.91 Å². The Hall–Kier alpha value is -2.34. The highest BCUT2D eigenvalue weighted by atomic mass is 32.2. The SMILES string of the molecule is CCN(CC)C(=O)CSc1nc(-c2ccco2)nc2ccccc12.